The fourth-order valence-corrected chi connectivity index (χ4v) is 4.49. The highest BCUT2D eigenvalue weighted by atomic mass is 32.3. The van der Waals surface area contributed by atoms with Gasteiger partial charge in [-0.25, -0.2) is 10.3 Å². The number of carbonyl (C=O) groups is 2. The van der Waals surface area contributed by atoms with Gasteiger partial charge in [-0.15, -0.1) is 4.28 Å². The molecule has 1 spiro atoms. The van der Waals surface area contributed by atoms with Crippen LogP contribution in [0.2, 0.25) is 0 Å². The Bertz CT molecular complexity index is 906. The first-order valence-corrected chi connectivity index (χ1v) is 10.6. The van der Waals surface area contributed by atoms with Crippen molar-refractivity contribution in [2.75, 3.05) is 13.2 Å². The number of benzene rings is 1. The van der Waals surface area contributed by atoms with E-state index < -0.39 is 45.9 Å². The van der Waals surface area contributed by atoms with Gasteiger partial charge in [-0.1, -0.05) is 30.3 Å². The number of nitrogens with two attached hydrogens (primary N) is 1. The Morgan fingerprint density at radius 3 is 2.66 bits per heavy atom. The zero-order valence-electron chi connectivity index (χ0n) is 15.4. The van der Waals surface area contributed by atoms with Crippen LogP contribution in [0.25, 0.3) is 0 Å². The molecule has 3 amide bonds. The monoisotopic (exact) mass is 426 g/mol. The highest BCUT2D eigenvalue weighted by Gasteiger charge is 2.65. The summed E-state index contributed by atoms with van der Waals surface area (Å²) in [4.78, 5) is 31.7. The van der Waals surface area contributed by atoms with E-state index in [0.29, 0.717) is 11.5 Å². The fraction of sp³-hybridized carbons (Fsp3) is 0.529. The number of hydrogen-bond acceptors (Lipinski definition) is 7. The minimum absolute atomic E-state index is 0.0438. The molecule has 2 aliphatic heterocycles. The van der Waals surface area contributed by atoms with E-state index in [-0.39, 0.29) is 13.2 Å². The van der Waals surface area contributed by atoms with Crippen molar-refractivity contribution in [1.29, 1.82) is 0 Å². The Kier molecular flexibility index (Phi) is 4.99. The molecule has 0 aromatic heterocycles. The van der Waals surface area contributed by atoms with E-state index in [4.69, 9.17) is 15.1 Å². The van der Waals surface area contributed by atoms with Gasteiger partial charge in [0.05, 0.1) is 18.7 Å². The summed E-state index contributed by atoms with van der Waals surface area (Å²) in [6, 6.07) is 6.68. The van der Waals surface area contributed by atoms with Gasteiger partial charge in [-0.2, -0.15) is 13.5 Å². The molecule has 29 heavy (non-hydrogen) atoms. The number of carbonyl (C=O) groups excluding carboxylic acids is 2. The van der Waals surface area contributed by atoms with Crippen LogP contribution in [0.5, 0.6) is 0 Å². The van der Waals surface area contributed by atoms with Crippen molar-refractivity contribution < 1.29 is 31.7 Å². The Labute approximate surface area is 167 Å². The van der Waals surface area contributed by atoms with E-state index >= 15 is 0 Å². The molecule has 1 unspecified atom stereocenters. The van der Waals surface area contributed by atoms with Crippen LogP contribution in [0.3, 0.4) is 0 Å². The second kappa shape index (κ2) is 7.22. The molecule has 1 saturated carbocycles. The predicted molar refractivity (Wildman–Crippen MR) is 97.9 cm³/mol. The van der Waals surface area contributed by atoms with Crippen LogP contribution in [0.4, 0.5) is 4.79 Å². The third kappa shape index (κ3) is 3.94. The van der Waals surface area contributed by atoms with E-state index in [1.54, 1.807) is 0 Å². The van der Waals surface area contributed by atoms with E-state index in [1.807, 2.05) is 30.3 Å². The summed E-state index contributed by atoms with van der Waals surface area (Å²) in [6.45, 7) is 0.179. The number of rotatable bonds is 7. The van der Waals surface area contributed by atoms with Crippen LogP contribution in [0, 0.1) is 5.41 Å². The van der Waals surface area contributed by atoms with Crippen molar-refractivity contribution in [2.24, 2.45) is 11.1 Å². The Hall–Kier alpha value is -2.25. The number of urea groups is 1. The second-order valence-electron chi connectivity index (χ2n) is 7.66. The number of amides is 3. The molecule has 3 atom stereocenters. The number of piperidine rings is 1. The SMILES string of the molecule is NC(CONC(=O)[C@@H]1CC2(CC2)[C@@H]2CN1C(=O)N2OS(=O)(=O)O)c1ccccc1. The minimum atomic E-state index is -4.85. The summed E-state index contributed by atoms with van der Waals surface area (Å²) in [6.07, 6.45) is 1.82. The van der Waals surface area contributed by atoms with Crippen molar-refractivity contribution in [3.05, 3.63) is 35.9 Å². The van der Waals surface area contributed by atoms with Crippen molar-refractivity contribution in [3.8, 4) is 0 Å². The highest BCUT2D eigenvalue weighted by Crippen LogP contribution is 2.59. The van der Waals surface area contributed by atoms with Gasteiger partial charge in [-0.3, -0.25) is 14.2 Å². The molecule has 1 aromatic carbocycles. The summed E-state index contributed by atoms with van der Waals surface area (Å²) >= 11 is 0. The minimum Gasteiger partial charge on any atom is -0.322 e. The molecule has 11 nitrogen and oxygen atoms in total. The summed E-state index contributed by atoms with van der Waals surface area (Å²) in [5.41, 5.74) is 8.82. The maximum Gasteiger partial charge on any atom is 0.418 e. The lowest BCUT2D eigenvalue weighted by atomic mass is 9.85. The third-order valence-electron chi connectivity index (χ3n) is 5.80. The molecular formula is C17H22N4O7S. The van der Waals surface area contributed by atoms with Crippen LogP contribution in [-0.4, -0.2) is 60.1 Å². The molecule has 2 heterocycles. The molecule has 1 aromatic rings. The summed E-state index contributed by atoms with van der Waals surface area (Å²) in [5, 5.41) is 0.668. The van der Waals surface area contributed by atoms with Crippen molar-refractivity contribution in [1.82, 2.24) is 15.4 Å². The lowest BCUT2D eigenvalue weighted by Crippen LogP contribution is -2.52. The fourth-order valence-electron chi connectivity index (χ4n) is 4.12. The van der Waals surface area contributed by atoms with E-state index in [9.17, 15) is 18.0 Å². The van der Waals surface area contributed by atoms with Gasteiger partial charge in [-0.05, 0) is 30.2 Å². The quantitative estimate of drug-likeness (QED) is 0.411. The molecule has 3 fully saturated rings. The number of nitrogens with zero attached hydrogens (tertiary/aromatic N) is 2. The summed E-state index contributed by atoms with van der Waals surface area (Å²) < 4.78 is 35.7. The van der Waals surface area contributed by atoms with E-state index in [2.05, 4.69) is 9.76 Å². The standard InChI is InChI=1S/C17H22N4O7S/c18-12(11-4-2-1-3-5-11)10-27-19-15(22)13-8-17(6-7-17)14-9-20(13)16(23)21(14)28-29(24,25)26/h1-5,12-14H,6-10,18H2,(H,19,22)(H,24,25,26)/t12?,13-,14-/m0/s1. The average molecular weight is 426 g/mol. The van der Waals surface area contributed by atoms with E-state index in [0.717, 1.165) is 18.4 Å². The van der Waals surface area contributed by atoms with Gasteiger partial charge in [0, 0.05) is 6.54 Å². The van der Waals surface area contributed by atoms with Gasteiger partial charge < -0.3 is 10.6 Å². The van der Waals surface area contributed by atoms with Crippen LogP contribution >= 0.6 is 0 Å². The first-order chi connectivity index (χ1) is 13.7. The Morgan fingerprint density at radius 2 is 2.03 bits per heavy atom. The van der Waals surface area contributed by atoms with Crippen molar-refractivity contribution in [3.63, 3.8) is 0 Å². The first-order valence-electron chi connectivity index (χ1n) is 9.19. The number of hydroxylamine groups is 3. The average Bonchev–Trinajstić information content (AvgIpc) is 3.39. The molecule has 4 rings (SSSR count). The van der Waals surface area contributed by atoms with Gasteiger partial charge in [0.15, 0.2) is 0 Å². The maximum atomic E-state index is 12.7. The number of nitrogens with one attached hydrogen (secondary N) is 1. The van der Waals surface area contributed by atoms with Crippen molar-refractivity contribution in [2.45, 2.75) is 37.4 Å². The Morgan fingerprint density at radius 1 is 1.34 bits per heavy atom. The smallest absolute Gasteiger partial charge is 0.322 e. The summed E-state index contributed by atoms with van der Waals surface area (Å²) in [5.74, 6) is -0.517. The first kappa shape index (κ1) is 20.0. The molecule has 12 heteroatoms. The lowest BCUT2D eigenvalue weighted by molar-refractivity contribution is -0.140. The van der Waals surface area contributed by atoms with Crippen LogP contribution < -0.4 is 11.2 Å². The van der Waals surface area contributed by atoms with Crippen LogP contribution in [0.1, 0.15) is 30.9 Å². The number of fused-ring (bicyclic) bond motifs is 3. The molecule has 1 aliphatic carbocycles. The molecule has 0 radical (unpaired) electrons. The van der Waals surface area contributed by atoms with Crippen LogP contribution in [-0.2, 0) is 24.3 Å². The topological polar surface area (TPSA) is 151 Å². The largest absolute Gasteiger partial charge is 0.418 e. The van der Waals surface area contributed by atoms with Gasteiger partial charge in [0.25, 0.3) is 5.91 Å². The second-order valence-corrected chi connectivity index (χ2v) is 8.66. The molecule has 2 saturated heterocycles. The zero-order chi connectivity index (χ0) is 20.8. The molecule has 2 bridgehead atoms. The number of hydrogen-bond donors (Lipinski definition) is 3. The van der Waals surface area contributed by atoms with E-state index in [1.165, 1.54) is 4.90 Å². The lowest BCUT2D eigenvalue weighted by Gasteiger charge is -2.35. The van der Waals surface area contributed by atoms with Gasteiger partial charge in [0.2, 0.25) is 0 Å². The Balaban J connectivity index is 1.39. The highest BCUT2D eigenvalue weighted by molar-refractivity contribution is 7.80. The summed E-state index contributed by atoms with van der Waals surface area (Å²) in [7, 11) is -4.85. The normalized spacial score (nSPS) is 25.9. The third-order valence-corrected chi connectivity index (χ3v) is 6.15. The van der Waals surface area contributed by atoms with Crippen molar-refractivity contribution >= 4 is 22.3 Å². The maximum absolute atomic E-state index is 12.7. The molecule has 3 aliphatic rings. The molecule has 4 N–H and O–H groups in total. The molecular weight excluding hydrogens is 404 g/mol. The zero-order valence-corrected chi connectivity index (χ0v) is 16.2. The predicted octanol–water partition coefficient (Wildman–Crippen LogP) is 0.127. The van der Waals surface area contributed by atoms with Gasteiger partial charge >= 0.3 is 16.4 Å². The van der Waals surface area contributed by atoms with Gasteiger partial charge in [0.1, 0.15) is 6.04 Å². The van der Waals surface area contributed by atoms with Crippen LogP contribution in [0.15, 0.2) is 30.3 Å². The molecule has 158 valence electrons.